The molecule has 0 unspecified atom stereocenters. The summed E-state index contributed by atoms with van der Waals surface area (Å²) in [5, 5.41) is 0. The predicted molar refractivity (Wildman–Crippen MR) is 83.7 cm³/mol. The molecule has 1 N–H and O–H groups in total. The summed E-state index contributed by atoms with van der Waals surface area (Å²) in [7, 11) is 0. The molecule has 5 nitrogen and oxygen atoms in total. The van der Waals surface area contributed by atoms with Crippen LogP contribution in [-0.4, -0.2) is 27.3 Å². The minimum absolute atomic E-state index is 0.0468. The number of carbonyl (C=O) groups is 1. The molecule has 1 aromatic heterocycles. The van der Waals surface area contributed by atoms with Crippen molar-refractivity contribution in [3.8, 4) is 0 Å². The van der Waals surface area contributed by atoms with E-state index in [-0.39, 0.29) is 23.1 Å². The maximum Gasteiger partial charge on any atom is 0.257 e. The molecule has 0 aliphatic carbocycles. The van der Waals surface area contributed by atoms with Gasteiger partial charge in [-0.05, 0) is 38.8 Å². The first kappa shape index (κ1) is 15.4. The third-order valence-corrected chi connectivity index (χ3v) is 4.35. The van der Waals surface area contributed by atoms with Crippen molar-refractivity contribution in [2.45, 2.75) is 32.7 Å². The van der Waals surface area contributed by atoms with Crippen LogP contribution < -0.4 is 5.56 Å². The number of hydrogen-bond donors (Lipinski definition) is 1. The Morgan fingerprint density at radius 2 is 2.09 bits per heavy atom. The first-order chi connectivity index (χ1) is 11.0. The van der Waals surface area contributed by atoms with E-state index in [9.17, 15) is 14.0 Å². The molecule has 0 spiro atoms. The van der Waals surface area contributed by atoms with Crippen molar-refractivity contribution in [2.24, 2.45) is 0 Å². The third kappa shape index (κ3) is 2.76. The third-order valence-electron chi connectivity index (χ3n) is 4.35. The van der Waals surface area contributed by atoms with Crippen LogP contribution in [0.5, 0.6) is 0 Å². The zero-order chi connectivity index (χ0) is 16.6. The minimum Gasteiger partial charge on any atom is -0.328 e. The molecule has 1 aliphatic heterocycles. The molecule has 120 valence electrons. The van der Waals surface area contributed by atoms with Crippen molar-refractivity contribution < 1.29 is 9.18 Å². The highest BCUT2D eigenvalue weighted by Crippen LogP contribution is 2.31. The highest BCUT2D eigenvalue weighted by atomic mass is 19.1. The molecule has 23 heavy (non-hydrogen) atoms. The number of aromatic amines is 1. The summed E-state index contributed by atoms with van der Waals surface area (Å²) in [6.07, 6.45) is 1.49. The lowest BCUT2D eigenvalue weighted by Crippen LogP contribution is -2.33. The van der Waals surface area contributed by atoms with Crippen molar-refractivity contribution >= 4 is 5.91 Å². The number of aryl methyl sites for hydroxylation is 1. The van der Waals surface area contributed by atoms with E-state index >= 15 is 0 Å². The second kappa shape index (κ2) is 5.95. The molecule has 0 bridgehead atoms. The second-order valence-corrected chi connectivity index (χ2v) is 5.80. The fourth-order valence-corrected chi connectivity index (χ4v) is 2.91. The molecule has 0 saturated carbocycles. The smallest absolute Gasteiger partial charge is 0.257 e. The highest BCUT2D eigenvalue weighted by molar-refractivity contribution is 5.94. The lowest BCUT2D eigenvalue weighted by Gasteiger charge is -2.24. The first-order valence-corrected chi connectivity index (χ1v) is 7.62. The van der Waals surface area contributed by atoms with E-state index in [1.165, 1.54) is 12.1 Å². The molecule has 6 heteroatoms. The predicted octanol–water partition coefficient (Wildman–Crippen LogP) is 2.50. The summed E-state index contributed by atoms with van der Waals surface area (Å²) in [6.45, 7) is 4.00. The molecule has 1 aliphatic rings. The molecular formula is C17H18FN3O2. The molecule has 1 aromatic carbocycles. The van der Waals surface area contributed by atoms with Crippen LogP contribution in [0.1, 0.15) is 46.3 Å². The second-order valence-electron chi connectivity index (χ2n) is 5.80. The number of benzene rings is 1. The van der Waals surface area contributed by atoms with Gasteiger partial charge in [0.2, 0.25) is 0 Å². The van der Waals surface area contributed by atoms with Crippen LogP contribution in [0.25, 0.3) is 0 Å². The lowest BCUT2D eigenvalue weighted by molar-refractivity contribution is 0.0724. The fourth-order valence-electron chi connectivity index (χ4n) is 2.91. The van der Waals surface area contributed by atoms with Crippen molar-refractivity contribution in [2.75, 3.05) is 6.54 Å². The average molecular weight is 315 g/mol. The van der Waals surface area contributed by atoms with Gasteiger partial charge in [0, 0.05) is 17.8 Å². The van der Waals surface area contributed by atoms with Gasteiger partial charge in [0.15, 0.2) is 0 Å². The molecule has 1 fully saturated rings. The minimum atomic E-state index is -0.537. The largest absolute Gasteiger partial charge is 0.328 e. The standard InChI is InChI=1S/C17H18FN3O2/c1-10-11(2)19-15(20-16(10)22)14-8-5-9-21(14)17(23)12-6-3-4-7-13(12)18/h3-4,6-7,14H,5,8-9H2,1-2H3,(H,19,20,22)/t14-/m0/s1. The number of aromatic nitrogens is 2. The molecule has 2 heterocycles. The monoisotopic (exact) mass is 315 g/mol. The Labute approximate surface area is 133 Å². The van der Waals surface area contributed by atoms with Crippen LogP contribution in [0.3, 0.4) is 0 Å². The average Bonchev–Trinajstić information content (AvgIpc) is 3.01. The topological polar surface area (TPSA) is 66.1 Å². The number of nitrogens with one attached hydrogen (secondary N) is 1. The van der Waals surface area contributed by atoms with E-state index in [0.717, 1.165) is 6.42 Å². The quantitative estimate of drug-likeness (QED) is 0.926. The van der Waals surface area contributed by atoms with E-state index in [1.807, 2.05) is 0 Å². The van der Waals surface area contributed by atoms with Crippen LogP contribution >= 0.6 is 0 Å². The van der Waals surface area contributed by atoms with Gasteiger partial charge in [-0.25, -0.2) is 9.37 Å². The maximum absolute atomic E-state index is 13.9. The summed E-state index contributed by atoms with van der Waals surface area (Å²) < 4.78 is 13.9. The van der Waals surface area contributed by atoms with Crippen molar-refractivity contribution in [1.82, 2.24) is 14.9 Å². The van der Waals surface area contributed by atoms with Gasteiger partial charge in [0.05, 0.1) is 11.6 Å². The Morgan fingerprint density at radius 3 is 2.78 bits per heavy atom. The Balaban J connectivity index is 1.96. The van der Waals surface area contributed by atoms with E-state index in [1.54, 1.807) is 30.9 Å². The summed E-state index contributed by atoms with van der Waals surface area (Å²) in [6, 6.07) is 5.61. The Bertz CT molecular complexity index is 816. The van der Waals surface area contributed by atoms with Crippen molar-refractivity contribution in [1.29, 1.82) is 0 Å². The first-order valence-electron chi connectivity index (χ1n) is 7.62. The zero-order valence-electron chi connectivity index (χ0n) is 13.1. The van der Waals surface area contributed by atoms with Crippen LogP contribution in [0.15, 0.2) is 29.1 Å². The molecule has 1 saturated heterocycles. The van der Waals surface area contributed by atoms with Crippen LogP contribution in [0.4, 0.5) is 4.39 Å². The molecule has 0 radical (unpaired) electrons. The van der Waals surface area contributed by atoms with Crippen molar-refractivity contribution in [3.63, 3.8) is 0 Å². The molecule has 1 atom stereocenters. The Hall–Kier alpha value is -2.50. The summed E-state index contributed by atoms with van der Waals surface area (Å²) in [5.74, 6) is -0.434. The number of H-pyrrole nitrogens is 1. The highest BCUT2D eigenvalue weighted by Gasteiger charge is 2.33. The summed E-state index contributed by atoms with van der Waals surface area (Å²) in [4.78, 5) is 33.4. The Kier molecular flexibility index (Phi) is 3.98. The van der Waals surface area contributed by atoms with Crippen LogP contribution in [-0.2, 0) is 0 Å². The number of carbonyl (C=O) groups excluding carboxylic acids is 1. The van der Waals surface area contributed by atoms with Gasteiger partial charge < -0.3 is 9.88 Å². The van der Waals surface area contributed by atoms with E-state index in [2.05, 4.69) is 9.97 Å². The Morgan fingerprint density at radius 1 is 1.35 bits per heavy atom. The number of nitrogens with zero attached hydrogens (tertiary/aromatic N) is 2. The van der Waals surface area contributed by atoms with Gasteiger partial charge in [-0.2, -0.15) is 0 Å². The number of amides is 1. The van der Waals surface area contributed by atoms with Crippen LogP contribution in [0, 0.1) is 19.7 Å². The van der Waals surface area contributed by atoms with E-state index in [0.29, 0.717) is 30.0 Å². The molecule has 1 amide bonds. The summed E-state index contributed by atoms with van der Waals surface area (Å²) >= 11 is 0. The number of halogens is 1. The van der Waals surface area contributed by atoms with Gasteiger partial charge in [0.1, 0.15) is 11.6 Å². The molecular weight excluding hydrogens is 297 g/mol. The van der Waals surface area contributed by atoms with Gasteiger partial charge in [-0.15, -0.1) is 0 Å². The number of rotatable bonds is 2. The SMILES string of the molecule is Cc1nc([C@@H]2CCCN2C(=O)c2ccccc2F)[nH]c(=O)c1C. The molecule has 3 rings (SSSR count). The normalized spacial score (nSPS) is 17.5. The number of likely N-dealkylation sites (tertiary alicyclic amines) is 1. The maximum atomic E-state index is 13.9. The van der Waals surface area contributed by atoms with Crippen molar-refractivity contribution in [3.05, 3.63) is 63.1 Å². The van der Waals surface area contributed by atoms with Gasteiger partial charge in [0.25, 0.3) is 11.5 Å². The number of hydrogen-bond acceptors (Lipinski definition) is 3. The fraction of sp³-hybridized carbons (Fsp3) is 0.353. The molecule has 2 aromatic rings. The van der Waals surface area contributed by atoms with Gasteiger partial charge >= 0.3 is 0 Å². The van der Waals surface area contributed by atoms with E-state index < -0.39 is 5.82 Å². The summed E-state index contributed by atoms with van der Waals surface area (Å²) in [5.41, 5.74) is 1.07. The van der Waals surface area contributed by atoms with Gasteiger partial charge in [-0.3, -0.25) is 9.59 Å². The van der Waals surface area contributed by atoms with E-state index in [4.69, 9.17) is 0 Å². The van der Waals surface area contributed by atoms with Crippen LogP contribution in [0.2, 0.25) is 0 Å². The lowest BCUT2D eigenvalue weighted by atomic mass is 10.1. The van der Waals surface area contributed by atoms with Gasteiger partial charge in [-0.1, -0.05) is 12.1 Å². The zero-order valence-corrected chi connectivity index (χ0v) is 13.1.